The standard InChI is InChI=1S/C45H28N4S/c1-3-12-29(13-4-1)30-22-24-32(25-23-30)44-46-43(31-14-5-2-6-15-31)47-45(48-44)33-26-27-39-37(28-33)34-16-7-9-19-38(34)49(39)40-20-11-18-36-35-17-8-10-21-41(35)50-42(36)40/h1-28H/i7D,9D,16D,19D,26D,27D,28D. The molecule has 0 radical (unpaired) electrons. The van der Waals surface area contributed by atoms with E-state index in [1.807, 2.05) is 127 Å². The Morgan fingerprint density at radius 1 is 0.440 bits per heavy atom. The van der Waals surface area contributed by atoms with Crippen LogP contribution in [-0.2, 0) is 0 Å². The second-order valence-corrected chi connectivity index (χ2v) is 13.0. The lowest BCUT2D eigenvalue weighted by Crippen LogP contribution is -2.00. The Labute approximate surface area is 302 Å². The summed E-state index contributed by atoms with van der Waals surface area (Å²) in [5.41, 5.74) is 4.25. The van der Waals surface area contributed by atoms with E-state index in [-0.39, 0.29) is 63.4 Å². The van der Waals surface area contributed by atoms with Gasteiger partial charge in [0.1, 0.15) is 0 Å². The van der Waals surface area contributed by atoms with E-state index >= 15 is 0 Å². The fraction of sp³-hybridized carbons (Fsp3) is 0. The van der Waals surface area contributed by atoms with Gasteiger partial charge in [-0.1, -0.05) is 133 Å². The van der Waals surface area contributed by atoms with Crippen LogP contribution >= 0.6 is 11.3 Å². The summed E-state index contributed by atoms with van der Waals surface area (Å²) in [6.45, 7) is 0. The third-order valence-electron chi connectivity index (χ3n) is 8.92. The topological polar surface area (TPSA) is 43.6 Å². The van der Waals surface area contributed by atoms with Gasteiger partial charge in [-0.3, -0.25) is 0 Å². The minimum Gasteiger partial charge on any atom is -0.308 e. The van der Waals surface area contributed by atoms with Crippen molar-refractivity contribution < 1.29 is 9.60 Å². The van der Waals surface area contributed by atoms with Gasteiger partial charge >= 0.3 is 0 Å². The summed E-state index contributed by atoms with van der Waals surface area (Å²) in [6, 6.07) is 38.5. The number of aromatic nitrogens is 4. The molecule has 7 aromatic carbocycles. The average Bonchev–Trinajstić information content (AvgIpc) is 3.82. The Morgan fingerprint density at radius 3 is 1.80 bits per heavy atom. The zero-order chi connectivity index (χ0) is 39.1. The summed E-state index contributed by atoms with van der Waals surface area (Å²) in [6.07, 6.45) is 0. The van der Waals surface area contributed by atoms with Crippen molar-refractivity contribution in [2.75, 3.05) is 0 Å². The highest BCUT2D eigenvalue weighted by Crippen LogP contribution is 2.41. The van der Waals surface area contributed by atoms with Crippen molar-refractivity contribution in [2.45, 2.75) is 0 Å². The van der Waals surface area contributed by atoms with Gasteiger partial charge in [0.15, 0.2) is 17.5 Å². The highest BCUT2D eigenvalue weighted by atomic mass is 32.1. The van der Waals surface area contributed by atoms with Crippen LogP contribution in [0.5, 0.6) is 0 Å². The predicted molar refractivity (Wildman–Crippen MR) is 209 cm³/mol. The van der Waals surface area contributed by atoms with E-state index in [1.54, 1.807) is 4.57 Å². The van der Waals surface area contributed by atoms with Gasteiger partial charge in [-0.05, 0) is 47.4 Å². The van der Waals surface area contributed by atoms with E-state index in [4.69, 9.17) is 19.1 Å². The molecular formula is C45H28N4S. The Hall–Kier alpha value is -6.43. The molecule has 0 saturated carbocycles. The SMILES string of the molecule is [2H]c1c([2H])c([2H])c2c(c1[2H])c1c([2H])c(-c3nc(-c4ccccc4)nc(-c4ccc(-c5ccccc5)cc4)n3)c([2H])c([2H])c1n2-c1cccc2c1sc1ccccc12. The first kappa shape index (κ1) is 22.3. The molecule has 0 amide bonds. The van der Waals surface area contributed by atoms with Gasteiger partial charge in [-0.15, -0.1) is 11.3 Å². The molecule has 0 fully saturated rings. The van der Waals surface area contributed by atoms with E-state index < -0.39 is 12.1 Å². The van der Waals surface area contributed by atoms with Crippen molar-refractivity contribution in [3.63, 3.8) is 0 Å². The monoisotopic (exact) mass is 663 g/mol. The highest BCUT2D eigenvalue weighted by Gasteiger charge is 2.18. The van der Waals surface area contributed by atoms with E-state index in [0.29, 0.717) is 28.5 Å². The number of para-hydroxylation sites is 1. The molecule has 234 valence electrons. The molecule has 0 unspecified atom stereocenters. The van der Waals surface area contributed by atoms with Gasteiger partial charge in [0.05, 0.1) is 31.0 Å². The van der Waals surface area contributed by atoms with Gasteiger partial charge in [0.25, 0.3) is 0 Å². The average molecular weight is 664 g/mol. The molecule has 0 atom stereocenters. The smallest absolute Gasteiger partial charge is 0.164 e. The summed E-state index contributed by atoms with van der Waals surface area (Å²) < 4.78 is 68.2. The Kier molecular flexibility index (Phi) is 5.17. The molecule has 0 spiro atoms. The lowest BCUT2D eigenvalue weighted by molar-refractivity contribution is 1.07. The number of fused-ring (bicyclic) bond motifs is 6. The highest BCUT2D eigenvalue weighted by molar-refractivity contribution is 7.26. The van der Waals surface area contributed by atoms with Crippen molar-refractivity contribution in [2.24, 2.45) is 0 Å². The molecule has 10 aromatic rings. The normalized spacial score (nSPS) is 13.6. The molecule has 0 saturated heterocycles. The van der Waals surface area contributed by atoms with E-state index in [0.717, 1.165) is 31.3 Å². The van der Waals surface area contributed by atoms with Gasteiger partial charge in [-0.25, -0.2) is 15.0 Å². The van der Waals surface area contributed by atoms with Crippen LogP contribution in [0.3, 0.4) is 0 Å². The Bertz CT molecular complexity index is 3260. The molecule has 0 bridgehead atoms. The zero-order valence-corrected chi connectivity index (χ0v) is 27.1. The third kappa shape index (κ3) is 4.71. The lowest BCUT2D eigenvalue weighted by Gasteiger charge is -2.11. The molecule has 0 aliphatic carbocycles. The van der Waals surface area contributed by atoms with Crippen LogP contribution in [-0.4, -0.2) is 19.5 Å². The molecule has 50 heavy (non-hydrogen) atoms. The third-order valence-corrected chi connectivity index (χ3v) is 10.1. The molecule has 0 N–H and O–H groups in total. The second-order valence-electron chi connectivity index (χ2n) is 11.9. The van der Waals surface area contributed by atoms with Crippen LogP contribution in [0.4, 0.5) is 0 Å². The van der Waals surface area contributed by atoms with Crippen LogP contribution in [0, 0.1) is 0 Å². The Morgan fingerprint density at radius 2 is 1.02 bits per heavy atom. The Balaban J connectivity index is 1.28. The van der Waals surface area contributed by atoms with E-state index in [2.05, 4.69) is 0 Å². The summed E-state index contributed by atoms with van der Waals surface area (Å²) >= 11 is 1.54. The first-order valence-electron chi connectivity index (χ1n) is 19.6. The van der Waals surface area contributed by atoms with Crippen LogP contribution in [0.2, 0.25) is 0 Å². The molecule has 10 rings (SSSR count). The van der Waals surface area contributed by atoms with Gasteiger partial charge < -0.3 is 4.57 Å². The number of hydrogen-bond donors (Lipinski definition) is 0. The van der Waals surface area contributed by atoms with Gasteiger partial charge in [-0.2, -0.15) is 0 Å². The van der Waals surface area contributed by atoms with Crippen LogP contribution in [0.25, 0.3) is 93.0 Å². The lowest BCUT2D eigenvalue weighted by atomic mass is 10.0. The van der Waals surface area contributed by atoms with Gasteiger partial charge in [0.2, 0.25) is 0 Å². The first-order valence-corrected chi connectivity index (χ1v) is 17.0. The minimum atomic E-state index is -0.457. The number of hydrogen-bond acceptors (Lipinski definition) is 4. The summed E-state index contributed by atoms with van der Waals surface area (Å²) in [5.74, 6) is 0.628. The zero-order valence-electron chi connectivity index (χ0n) is 33.3. The van der Waals surface area contributed by atoms with E-state index in [1.165, 1.54) is 11.3 Å². The fourth-order valence-electron chi connectivity index (χ4n) is 6.55. The largest absolute Gasteiger partial charge is 0.308 e. The molecule has 5 heteroatoms. The predicted octanol–water partition coefficient (Wildman–Crippen LogP) is 12.0. The van der Waals surface area contributed by atoms with Crippen LogP contribution in [0.1, 0.15) is 9.60 Å². The maximum absolute atomic E-state index is 9.82. The van der Waals surface area contributed by atoms with E-state index in [9.17, 15) is 5.48 Å². The summed E-state index contributed by atoms with van der Waals surface area (Å²) in [5, 5.41) is 2.18. The first-order chi connectivity index (χ1) is 27.7. The molecule has 0 aliphatic heterocycles. The van der Waals surface area contributed by atoms with Crippen molar-refractivity contribution in [1.29, 1.82) is 0 Å². The molecular weight excluding hydrogens is 629 g/mol. The number of benzene rings is 7. The molecule has 3 aromatic heterocycles. The number of nitrogens with zero attached hydrogens (tertiary/aromatic N) is 4. The van der Waals surface area contributed by atoms with Crippen LogP contribution < -0.4 is 0 Å². The second kappa shape index (κ2) is 11.6. The minimum absolute atomic E-state index is 0.00438. The quantitative estimate of drug-likeness (QED) is 0.184. The maximum Gasteiger partial charge on any atom is 0.164 e. The number of thiophene rings is 1. The van der Waals surface area contributed by atoms with Crippen molar-refractivity contribution >= 4 is 53.3 Å². The molecule has 3 heterocycles. The fourth-order valence-corrected chi connectivity index (χ4v) is 7.76. The van der Waals surface area contributed by atoms with Crippen molar-refractivity contribution in [3.05, 3.63) is 170 Å². The van der Waals surface area contributed by atoms with Crippen molar-refractivity contribution in [1.82, 2.24) is 19.5 Å². The molecule has 4 nitrogen and oxygen atoms in total. The van der Waals surface area contributed by atoms with Crippen molar-refractivity contribution in [3.8, 4) is 51.0 Å². The molecule has 0 aliphatic rings. The summed E-state index contributed by atoms with van der Waals surface area (Å²) in [4.78, 5) is 14.5. The van der Waals surface area contributed by atoms with Gasteiger partial charge in [0, 0.05) is 42.9 Å². The summed E-state index contributed by atoms with van der Waals surface area (Å²) in [7, 11) is 0. The maximum atomic E-state index is 9.82. The number of rotatable bonds is 5. The van der Waals surface area contributed by atoms with Crippen LogP contribution in [0.15, 0.2) is 170 Å².